The topological polar surface area (TPSA) is 41.5 Å². The molecule has 0 aromatic heterocycles. The molecule has 0 amide bonds. The molecule has 0 saturated heterocycles. The van der Waals surface area contributed by atoms with E-state index in [9.17, 15) is 5.11 Å². The molecule has 3 nitrogen and oxygen atoms in total. The second-order valence-electron chi connectivity index (χ2n) is 7.85. The lowest BCUT2D eigenvalue weighted by molar-refractivity contribution is 0.0990. The molecule has 2 N–H and O–H groups in total. The average molecular weight is 293 g/mol. The van der Waals surface area contributed by atoms with Crippen LogP contribution in [0.1, 0.15) is 52.7 Å². The molecule has 0 unspecified atom stereocenters. The largest absolute Gasteiger partial charge is 0.491 e. The highest BCUT2D eigenvalue weighted by molar-refractivity contribution is 5.41. The van der Waals surface area contributed by atoms with Gasteiger partial charge in [0.15, 0.2) is 0 Å². The molecule has 0 aliphatic carbocycles. The summed E-state index contributed by atoms with van der Waals surface area (Å²) in [6, 6.07) is 6.21. The van der Waals surface area contributed by atoms with Crippen molar-refractivity contribution >= 4 is 0 Å². The summed E-state index contributed by atoms with van der Waals surface area (Å²) in [6.07, 6.45) is -0.515. The Morgan fingerprint density at radius 2 is 1.76 bits per heavy atom. The number of aryl methyl sites for hydroxylation is 1. The van der Waals surface area contributed by atoms with Gasteiger partial charge in [0.05, 0.1) is 0 Å². The van der Waals surface area contributed by atoms with Gasteiger partial charge in [-0.1, -0.05) is 38.5 Å². The molecule has 1 aromatic carbocycles. The standard InChI is InChI=1S/C18H31NO2/c1-13-8-9-16(15(10-13)17(2,3)4)21-12-14(20)11-19-18(5,6)7/h8-10,14,19-20H,11-12H2,1-7H3/t14-/m0/s1. The van der Waals surface area contributed by atoms with Gasteiger partial charge in [-0.15, -0.1) is 0 Å². The Hall–Kier alpha value is -1.06. The summed E-state index contributed by atoms with van der Waals surface area (Å²) in [7, 11) is 0. The molecule has 0 spiro atoms. The van der Waals surface area contributed by atoms with E-state index in [1.165, 1.54) is 11.1 Å². The van der Waals surface area contributed by atoms with Gasteiger partial charge in [-0.2, -0.15) is 0 Å². The van der Waals surface area contributed by atoms with Gasteiger partial charge in [-0.05, 0) is 44.7 Å². The zero-order valence-electron chi connectivity index (χ0n) is 14.6. The van der Waals surface area contributed by atoms with Crippen molar-refractivity contribution in [2.75, 3.05) is 13.2 Å². The Morgan fingerprint density at radius 1 is 1.14 bits per heavy atom. The highest BCUT2D eigenvalue weighted by Crippen LogP contribution is 2.32. The predicted octanol–water partition coefficient (Wildman–Crippen LogP) is 3.42. The van der Waals surface area contributed by atoms with Crippen LogP contribution in [0.4, 0.5) is 0 Å². The Bertz CT molecular complexity index is 455. The van der Waals surface area contributed by atoms with E-state index in [0.29, 0.717) is 13.2 Å². The first kappa shape index (κ1) is 18.0. The van der Waals surface area contributed by atoms with Gasteiger partial charge in [0.1, 0.15) is 18.5 Å². The maximum absolute atomic E-state index is 10.0. The Balaban J connectivity index is 2.67. The number of benzene rings is 1. The summed E-state index contributed by atoms with van der Waals surface area (Å²) in [6.45, 7) is 15.7. The molecule has 120 valence electrons. The lowest BCUT2D eigenvalue weighted by Gasteiger charge is -2.25. The Kier molecular flexibility index (Phi) is 5.83. The summed E-state index contributed by atoms with van der Waals surface area (Å²) in [5, 5.41) is 13.3. The monoisotopic (exact) mass is 293 g/mol. The minimum absolute atomic E-state index is 0.00140. The van der Waals surface area contributed by atoms with Gasteiger partial charge >= 0.3 is 0 Å². The third-order valence-corrected chi connectivity index (χ3v) is 3.24. The van der Waals surface area contributed by atoms with Crippen LogP contribution in [0.3, 0.4) is 0 Å². The van der Waals surface area contributed by atoms with Crippen LogP contribution in [0.5, 0.6) is 5.75 Å². The first-order valence-corrected chi connectivity index (χ1v) is 7.66. The van der Waals surface area contributed by atoms with E-state index in [4.69, 9.17) is 4.74 Å². The number of aliphatic hydroxyl groups is 1. The zero-order chi connectivity index (χ0) is 16.3. The van der Waals surface area contributed by atoms with Crippen molar-refractivity contribution in [3.63, 3.8) is 0 Å². The van der Waals surface area contributed by atoms with Crippen molar-refractivity contribution in [1.82, 2.24) is 5.32 Å². The fourth-order valence-electron chi connectivity index (χ4n) is 2.02. The highest BCUT2D eigenvalue weighted by atomic mass is 16.5. The molecule has 1 atom stereocenters. The molecule has 1 rings (SSSR count). The van der Waals surface area contributed by atoms with Crippen LogP contribution in [0.25, 0.3) is 0 Å². The molecule has 1 aromatic rings. The maximum Gasteiger partial charge on any atom is 0.123 e. The van der Waals surface area contributed by atoms with E-state index in [-0.39, 0.29) is 11.0 Å². The predicted molar refractivity (Wildman–Crippen MR) is 89.1 cm³/mol. The number of aliphatic hydroxyl groups excluding tert-OH is 1. The van der Waals surface area contributed by atoms with E-state index >= 15 is 0 Å². The van der Waals surface area contributed by atoms with Crippen molar-refractivity contribution < 1.29 is 9.84 Å². The van der Waals surface area contributed by atoms with Crippen molar-refractivity contribution in [2.24, 2.45) is 0 Å². The van der Waals surface area contributed by atoms with Crippen LogP contribution in [0.2, 0.25) is 0 Å². The van der Waals surface area contributed by atoms with Gasteiger partial charge in [0, 0.05) is 12.1 Å². The molecule has 0 aliphatic heterocycles. The van der Waals surface area contributed by atoms with Crippen molar-refractivity contribution in [2.45, 2.75) is 65.5 Å². The third kappa shape index (κ3) is 6.49. The molecule has 0 bridgehead atoms. The molecular formula is C18H31NO2. The van der Waals surface area contributed by atoms with Gasteiger partial charge in [0.2, 0.25) is 0 Å². The zero-order valence-corrected chi connectivity index (χ0v) is 14.6. The van der Waals surface area contributed by atoms with E-state index in [1.807, 2.05) is 12.1 Å². The normalized spacial score (nSPS) is 14.1. The first-order chi connectivity index (χ1) is 9.49. The smallest absolute Gasteiger partial charge is 0.123 e. The number of hydrogen-bond acceptors (Lipinski definition) is 3. The van der Waals surface area contributed by atoms with Crippen LogP contribution in [-0.4, -0.2) is 29.9 Å². The molecule has 0 fully saturated rings. The molecule has 0 heterocycles. The lowest BCUT2D eigenvalue weighted by atomic mass is 9.85. The number of rotatable bonds is 5. The van der Waals surface area contributed by atoms with E-state index in [1.54, 1.807) is 0 Å². The van der Waals surface area contributed by atoms with Crippen LogP contribution < -0.4 is 10.1 Å². The summed E-state index contributed by atoms with van der Waals surface area (Å²) in [5.41, 5.74) is 2.43. The van der Waals surface area contributed by atoms with Gasteiger partial charge in [0.25, 0.3) is 0 Å². The third-order valence-electron chi connectivity index (χ3n) is 3.24. The van der Waals surface area contributed by atoms with Crippen LogP contribution in [0, 0.1) is 6.92 Å². The van der Waals surface area contributed by atoms with Gasteiger partial charge in [-0.25, -0.2) is 0 Å². The Morgan fingerprint density at radius 3 is 2.29 bits per heavy atom. The van der Waals surface area contributed by atoms with Crippen LogP contribution in [-0.2, 0) is 5.41 Å². The van der Waals surface area contributed by atoms with Gasteiger partial charge in [-0.3, -0.25) is 0 Å². The van der Waals surface area contributed by atoms with E-state index in [0.717, 1.165) is 5.75 Å². The number of β-amino-alcohol motifs (C(OH)–C–C–N with tert-alkyl or cyclic N) is 1. The van der Waals surface area contributed by atoms with Gasteiger partial charge < -0.3 is 15.2 Å². The maximum atomic E-state index is 10.0. The molecule has 21 heavy (non-hydrogen) atoms. The number of ether oxygens (including phenoxy) is 1. The number of nitrogens with one attached hydrogen (secondary N) is 1. The molecular weight excluding hydrogens is 262 g/mol. The fraction of sp³-hybridized carbons (Fsp3) is 0.667. The fourth-order valence-corrected chi connectivity index (χ4v) is 2.02. The van der Waals surface area contributed by atoms with Crippen molar-refractivity contribution in [3.8, 4) is 5.75 Å². The molecule has 0 aliphatic rings. The van der Waals surface area contributed by atoms with E-state index in [2.05, 4.69) is 59.8 Å². The van der Waals surface area contributed by atoms with Crippen molar-refractivity contribution in [3.05, 3.63) is 29.3 Å². The minimum atomic E-state index is -0.515. The number of hydrogen-bond donors (Lipinski definition) is 2. The average Bonchev–Trinajstić information content (AvgIpc) is 2.32. The molecule has 0 radical (unpaired) electrons. The quantitative estimate of drug-likeness (QED) is 0.874. The molecule has 0 saturated carbocycles. The SMILES string of the molecule is Cc1ccc(OC[C@@H](O)CNC(C)(C)C)c(C(C)(C)C)c1. The summed E-state index contributed by atoms with van der Waals surface area (Å²) < 4.78 is 5.86. The highest BCUT2D eigenvalue weighted by Gasteiger charge is 2.20. The molecule has 3 heteroatoms. The van der Waals surface area contributed by atoms with E-state index < -0.39 is 6.10 Å². The second kappa shape index (κ2) is 6.80. The van der Waals surface area contributed by atoms with Crippen molar-refractivity contribution in [1.29, 1.82) is 0 Å². The summed E-state index contributed by atoms with van der Waals surface area (Å²) >= 11 is 0. The lowest BCUT2D eigenvalue weighted by Crippen LogP contribution is -2.42. The second-order valence-corrected chi connectivity index (χ2v) is 7.85. The summed E-state index contributed by atoms with van der Waals surface area (Å²) in [4.78, 5) is 0. The van der Waals surface area contributed by atoms with Crippen LogP contribution in [0.15, 0.2) is 18.2 Å². The van der Waals surface area contributed by atoms with Crippen LogP contribution >= 0.6 is 0 Å². The first-order valence-electron chi connectivity index (χ1n) is 7.66. The summed E-state index contributed by atoms with van der Waals surface area (Å²) in [5.74, 6) is 0.864. The minimum Gasteiger partial charge on any atom is -0.491 e. The Labute approximate surface area is 129 Å².